The van der Waals surface area contributed by atoms with Gasteiger partial charge in [-0.3, -0.25) is 9.79 Å². The van der Waals surface area contributed by atoms with Crippen LogP contribution in [0.2, 0.25) is 0 Å². The van der Waals surface area contributed by atoms with Crippen molar-refractivity contribution in [2.75, 3.05) is 26.7 Å². The van der Waals surface area contributed by atoms with Crippen LogP contribution in [0.25, 0.3) is 0 Å². The van der Waals surface area contributed by atoms with Crippen LogP contribution >= 0.6 is 24.0 Å². The molecule has 28 heavy (non-hydrogen) atoms. The van der Waals surface area contributed by atoms with E-state index in [4.69, 9.17) is 0 Å². The van der Waals surface area contributed by atoms with Crippen molar-refractivity contribution in [3.05, 3.63) is 47.3 Å². The number of nitrogens with zero attached hydrogens (tertiary/aromatic N) is 4. The molecule has 1 aromatic heterocycles. The van der Waals surface area contributed by atoms with Gasteiger partial charge in [0, 0.05) is 45.2 Å². The van der Waals surface area contributed by atoms with Gasteiger partial charge >= 0.3 is 0 Å². The predicted molar refractivity (Wildman–Crippen MR) is 118 cm³/mol. The maximum Gasteiger partial charge on any atom is 0.251 e. The molecule has 0 aliphatic carbocycles. The summed E-state index contributed by atoms with van der Waals surface area (Å²) in [4.78, 5) is 16.2. The smallest absolute Gasteiger partial charge is 0.251 e. The standard InChI is InChI=1S/C18H26FN7O.HI/c1-4-16-25-24-12-26(16)10-9-23-18(20-3)22-8-7-21-17(27)14-6-5-13(2)15(19)11-14;/h5-6,11-12H,4,7-10H2,1-3H3,(H,21,27)(H2,20,22,23);1H. The number of guanidine groups is 1. The Morgan fingerprint density at radius 1 is 1.21 bits per heavy atom. The highest BCUT2D eigenvalue weighted by Gasteiger charge is 2.07. The molecule has 0 radical (unpaired) electrons. The zero-order valence-corrected chi connectivity index (χ0v) is 18.7. The maximum atomic E-state index is 13.5. The average Bonchev–Trinajstić information content (AvgIpc) is 3.13. The van der Waals surface area contributed by atoms with E-state index in [9.17, 15) is 9.18 Å². The van der Waals surface area contributed by atoms with Gasteiger partial charge in [-0.1, -0.05) is 13.0 Å². The van der Waals surface area contributed by atoms with E-state index in [1.165, 1.54) is 6.07 Å². The summed E-state index contributed by atoms with van der Waals surface area (Å²) in [6.07, 6.45) is 2.54. The topological polar surface area (TPSA) is 96.2 Å². The molecule has 1 amide bonds. The molecule has 0 saturated carbocycles. The van der Waals surface area contributed by atoms with Gasteiger partial charge in [0.25, 0.3) is 5.91 Å². The minimum Gasteiger partial charge on any atom is -0.355 e. The van der Waals surface area contributed by atoms with Crippen LogP contribution in [-0.2, 0) is 13.0 Å². The lowest BCUT2D eigenvalue weighted by Gasteiger charge is -2.13. The zero-order valence-electron chi connectivity index (χ0n) is 16.3. The van der Waals surface area contributed by atoms with E-state index in [0.717, 1.165) is 18.8 Å². The second kappa shape index (κ2) is 12.3. The molecule has 154 valence electrons. The van der Waals surface area contributed by atoms with Crippen molar-refractivity contribution in [1.29, 1.82) is 0 Å². The Bertz CT molecular complexity index is 794. The summed E-state index contributed by atoms with van der Waals surface area (Å²) < 4.78 is 15.5. The number of hydrogen-bond donors (Lipinski definition) is 3. The summed E-state index contributed by atoms with van der Waals surface area (Å²) >= 11 is 0. The molecule has 1 heterocycles. The highest BCUT2D eigenvalue weighted by Crippen LogP contribution is 2.08. The van der Waals surface area contributed by atoms with Gasteiger partial charge in [-0.15, -0.1) is 34.2 Å². The minimum absolute atomic E-state index is 0. The predicted octanol–water partition coefficient (Wildman–Crippen LogP) is 1.50. The molecule has 0 aliphatic heterocycles. The number of aromatic nitrogens is 3. The molecule has 10 heteroatoms. The lowest BCUT2D eigenvalue weighted by atomic mass is 10.1. The number of carbonyl (C=O) groups is 1. The Labute approximate surface area is 181 Å². The zero-order chi connectivity index (χ0) is 19.6. The third kappa shape index (κ3) is 7.06. The van der Waals surface area contributed by atoms with Gasteiger partial charge < -0.3 is 20.5 Å². The number of benzene rings is 1. The lowest BCUT2D eigenvalue weighted by molar-refractivity contribution is 0.0954. The molecule has 0 fully saturated rings. The summed E-state index contributed by atoms with van der Waals surface area (Å²) in [5, 5.41) is 17.0. The number of amides is 1. The van der Waals surface area contributed by atoms with Crippen LogP contribution in [0, 0.1) is 12.7 Å². The van der Waals surface area contributed by atoms with Crippen molar-refractivity contribution in [2.45, 2.75) is 26.8 Å². The van der Waals surface area contributed by atoms with Gasteiger partial charge in [-0.25, -0.2) is 4.39 Å². The van der Waals surface area contributed by atoms with Crippen LogP contribution in [0.3, 0.4) is 0 Å². The van der Waals surface area contributed by atoms with Gasteiger partial charge in [0.2, 0.25) is 0 Å². The fourth-order valence-corrected chi connectivity index (χ4v) is 2.45. The van der Waals surface area contributed by atoms with Crippen molar-refractivity contribution in [3.63, 3.8) is 0 Å². The van der Waals surface area contributed by atoms with E-state index in [1.807, 2.05) is 11.5 Å². The second-order valence-electron chi connectivity index (χ2n) is 5.94. The van der Waals surface area contributed by atoms with Crippen LogP contribution in [-0.4, -0.2) is 53.3 Å². The Balaban J connectivity index is 0.00000392. The normalized spacial score (nSPS) is 10.9. The second-order valence-corrected chi connectivity index (χ2v) is 5.94. The van der Waals surface area contributed by atoms with Gasteiger partial charge in [-0.05, 0) is 24.6 Å². The number of carbonyl (C=O) groups excluding carboxylic acids is 1. The number of nitrogens with one attached hydrogen (secondary N) is 3. The molecule has 0 saturated heterocycles. The van der Waals surface area contributed by atoms with Crippen molar-refractivity contribution in [3.8, 4) is 0 Å². The highest BCUT2D eigenvalue weighted by atomic mass is 127. The summed E-state index contributed by atoms with van der Waals surface area (Å²) in [7, 11) is 1.68. The molecule has 0 aliphatic rings. The van der Waals surface area contributed by atoms with Gasteiger partial charge in [-0.2, -0.15) is 0 Å². The average molecular weight is 503 g/mol. The monoisotopic (exact) mass is 503 g/mol. The lowest BCUT2D eigenvalue weighted by Crippen LogP contribution is -2.42. The van der Waals surface area contributed by atoms with Crippen LogP contribution in [0.15, 0.2) is 29.5 Å². The molecule has 2 aromatic rings. The first kappa shape index (κ1) is 23.8. The van der Waals surface area contributed by atoms with E-state index in [1.54, 1.807) is 32.4 Å². The quantitative estimate of drug-likeness (QED) is 0.220. The molecule has 0 atom stereocenters. The summed E-state index contributed by atoms with van der Waals surface area (Å²) in [5.74, 6) is 0.884. The molecular weight excluding hydrogens is 476 g/mol. The Kier molecular flexibility index (Phi) is 10.4. The number of halogens is 2. The van der Waals surface area contributed by atoms with Crippen molar-refractivity contribution >= 4 is 35.8 Å². The van der Waals surface area contributed by atoms with E-state index < -0.39 is 0 Å². The maximum absolute atomic E-state index is 13.5. The summed E-state index contributed by atoms with van der Waals surface area (Å²) in [6.45, 7) is 5.97. The Morgan fingerprint density at radius 3 is 2.61 bits per heavy atom. The SMILES string of the molecule is CCc1nncn1CCNC(=NC)NCCNC(=O)c1ccc(C)c(F)c1.I. The molecule has 0 bridgehead atoms. The number of aryl methyl sites for hydroxylation is 2. The van der Waals surface area contributed by atoms with Crippen LogP contribution < -0.4 is 16.0 Å². The molecular formula is C18H27FIN7O. The third-order valence-electron chi connectivity index (χ3n) is 4.02. The summed E-state index contributed by atoms with van der Waals surface area (Å²) in [5.41, 5.74) is 0.821. The number of hydrogen-bond acceptors (Lipinski definition) is 4. The molecule has 1 aromatic carbocycles. The van der Waals surface area contributed by atoms with E-state index in [0.29, 0.717) is 36.7 Å². The van der Waals surface area contributed by atoms with Crippen LogP contribution in [0.1, 0.15) is 28.7 Å². The largest absolute Gasteiger partial charge is 0.355 e. The summed E-state index contributed by atoms with van der Waals surface area (Å²) in [6, 6.07) is 4.44. The van der Waals surface area contributed by atoms with Crippen LogP contribution in [0.4, 0.5) is 4.39 Å². The third-order valence-corrected chi connectivity index (χ3v) is 4.02. The Morgan fingerprint density at radius 2 is 1.93 bits per heavy atom. The minimum atomic E-state index is -0.385. The van der Waals surface area contributed by atoms with Gasteiger partial charge in [0.05, 0.1) is 0 Å². The first-order chi connectivity index (χ1) is 13.0. The molecule has 0 spiro atoms. The molecule has 8 nitrogen and oxygen atoms in total. The fraction of sp³-hybridized carbons (Fsp3) is 0.444. The number of aliphatic imine (C=N–C) groups is 1. The van der Waals surface area contributed by atoms with Crippen LogP contribution in [0.5, 0.6) is 0 Å². The molecule has 3 N–H and O–H groups in total. The van der Waals surface area contributed by atoms with E-state index in [-0.39, 0.29) is 35.7 Å². The highest BCUT2D eigenvalue weighted by molar-refractivity contribution is 14.0. The van der Waals surface area contributed by atoms with Gasteiger partial charge in [0.1, 0.15) is 18.0 Å². The fourth-order valence-electron chi connectivity index (χ4n) is 2.45. The van der Waals surface area contributed by atoms with Crippen molar-refractivity contribution in [2.24, 2.45) is 4.99 Å². The van der Waals surface area contributed by atoms with E-state index >= 15 is 0 Å². The van der Waals surface area contributed by atoms with Crippen molar-refractivity contribution < 1.29 is 9.18 Å². The first-order valence-electron chi connectivity index (χ1n) is 8.90. The van der Waals surface area contributed by atoms with Crippen molar-refractivity contribution in [1.82, 2.24) is 30.7 Å². The molecule has 0 unspecified atom stereocenters. The Hall–Kier alpha value is -2.24. The van der Waals surface area contributed by atoms with E-state index in [2.05, 4.69) is 31.1 Å². The van der Waals surface area contributed by atoms with Gasteiger partial charge in [0.15, 0.2) is 5.96 Å². The number of rotatable bonds is 8. The molecule has 2 rings (SSSR count). The first-order valence-corrected chi connectivity index (χ1v) is 8.90.